The van der Waals surface area contributed by atoms with E-state index in [1.165, 1.54) is 20.8 Å². The lowest BCUT2D eigenvalue weighted by Crippen LogP contribution is -2.33. The Morgan fingerprint density at radius 1 is 1.27 bits per heavy atom. The zero-order chi connectivity index (χ0) is 17.3. The maximum atomic E-state index is 12.6. The second-order valence-electron chi connectivity index (χ2n) is 5.42. The molecule has 0 spiro atoms. The third-order valence-corrected chi connectivity index (χ3v) is 5.16. The summed E-state index contributed by atoms with van der Waals surface area (Å²) >= 11 is 0. The molecule has 0 unspecified atom stereocenters. The molecule has 0 saturated carbocycles. The van der Waals surface area contributed by atoms with Crippen LogP contribution in [0.15, 0.2) is 29.8 Å². The van der Waals surface area contributed by atoms with Gasteiger partial charge in [0.25, 0.3) is 5.91 Å². The molecule has 0 aliphatic carbocycles. The van der Waals surface area contributed by atoms with Crippen molar-refractivity contribution in [3.8, 4) is 0 Å². The Morgan fingerprint density at radius 3 is 2.27 bits per heavy atom. The van der Waals surface area contributed by atoms with Crippen LogP contribution in [-0.2, 0) is 20.8 Å². The van der Waals surface area contributed by atoms with E-state index in [2.05, 4.69) is 11.6 Å². The zero-order valence-electron chi connectivity index (χ0n) is 12.2. The Kier molecular flexibility index (Phi) is 4.71. The Hall–Kier alpha value is -1.90. The number of rotatable bonds is 3. The number of anilines is 1. The van der Waals surface area contributed by atoms with Gasteiger partial charge in [-0.2, -0.15) is 13.2 Å². The van der Waals surface area contributed by atoms with E-state index < -0.39 is 43.0 Å². The summed E-state index contributed by atoms with van der Waals surface area (Å²) in [5, 5.41) is 2.00. The van der Waals surface area contributed by atoms with Crippen molar-refractivity contribution >= 4 is 21.6 Å². The van der Waals surface area contributed by atoms with Gasteiger partial charge < -0.3 is 5.32 Å². The van der Waals surface area contributed by atoms with E-state index >= 15 is 0 Å². The maximum absolute atomic E-state index is 12.6. The molecule has 1 aromatic rings. The van der Waals surface area contributed by atoms with Crippen molar-refractivity contribution in [2.45, 2.75) is 31.7 Å². The molecule has 0 aromatic carbocycles. The van der Waals surface area contributed by atoms with Crippen LogP contribution in [0, 0.1) is 0 Å². The molecule has 0 radical (unpaired) electrons. The molecule has 1 aromatic heterocycles. The van der Waals surface area contributed by atoms with Crippen LogP contribution in [0.5, 0.6) is 0 Å². The van der Waals surface area contributed by atoms with Gasteiger partial charge in [0, 0.05) is 6.20 Å². The first-order valence-corrected chi connectivity index (χ1v) is 7.53. The fourth-order valence-corrected chi connectivity index (χ4v) is 2.39. The molecule has 0 aliphatic rings. The van der Waals surface area contributed by atoms with Gasteiger partial charge in [0.2, 0.25) is 0 Å². The second-order valence-corrected chi connectivity index (χ2v) is 8.15. The fourth-order valence-electron chi connectivity index (χ4n) is 1.35. The highest BCUT2D eigenvalue weighted by atomic mass is 32.2. The molecular weight excluding hydrogens is 321 g/mol. The third kappa shape index (κ3) is 3.85. The molecule has 1 rings (SSSR count). The average molecular weight is 336 g/mol. The normalized spacial score (nSPS) is 12.8. The van der Waals surface area contributed by atoms with Crippen molar-refractivity contribution in [1.82, 2.24) is 4.98 Å². The number of hydrogen-bond donors (Lipinski definition) is 1. The van der Waals surface area contributed by atoms with Crippen LogP contribution in [-0.4, -0.2) is 24.1 Å². The molecule has 5 nitrogen and oxygen atoms in total. The van der Waals surface area contributed by atoms with Gasteiger partial charge in [-0.1, -0.05) is 6.58 Å². The number of carbonyl (C=O) groups excluding carboxylic acids is 1. The Labute approximate surface area is 126 Å². The summed E-state index contributed by atoms with van der Waals surface area (Å²) in [4.78, 5) is 14.7. The van der Waals surface area contributed by atoms with Crippen molar-refractivity contribution in [2.75, 3.05) is 5.32 Å². The maximum Gasteiger partial charge on any atom is 0.416 e. The molecule has 1 N–H and O–H groups in total. The summed E-state index contributed by atoms with van der Waals surface area (Å²) in [6.07, 6.45) is -3.74. The van der Waals surface area contributed by atoms with Crippen molar-refractivity contribution in [2.24, 2.45) is 0 Å². The number of hydrogen-bond acceptors (Lipinski definition) is 4. The highest BCUT2D eigenvalue weighted by molar-refractivity contribution is 7.97. The highest BCUT2D eigenvalue weighted by Gasteiger charge is 2.36. The number of alkyl halides is 3. The molecule has 22 heavy (non-hydrogen) atoms. The number of amides is 1. The zero-order valence-corrected chi connectivity index (χ0v) is 13.0. The third-order valence-electron chi connectivity index (χ3n) is 2.71. The van der Waals surface area contributed by atoms with Gasteiger partial charge in [0.05, 0.1) is 10.3 Å². The molecule has 0 atom stereocenters. The Balaban J connectivity index is 3.02. The standard InChI is InChI=1S/C13H15F3N2O3S/c1-8(22(20,21)12(2,3)4)11(19)18-10-7-9(5-6-17-10)13(14,15)16/h5-7H,1H2,2-4H3,(H,17,18,19). The summed E-state index contributed by atoms with van der Waals surface area (Å²) in [6.45, 7) is 7.34. The van der Waals surface area contributed by atoms with E-state index in [9.17, 15) is 26.4 Å². The number of aromatic nitrogens is 1. The predicted molar refractivity (Wildman–Crippen MR) is 75.7 cm³/mol. The van der Waals surface area contributed by atoms with Gasteiger partial charge in [-0.25, -0.2) is 13.4 Å². The molecule has 9 heteroatoms. The van der Waals surface area contributed by atoms with Crippen LogP contribution in [0.25, 0.3) is 0 Å². The Bertz CT molecular complexity index is 704. The highest BCUT2D eigenvalue weighted by Crippen LogP contribution is 2.30. The van der Waals surface area contributed by atoms with Crippen molar-refractivity contribution in [3.05, 3.63) is 35.4 Å². The van der Waals surface area contributed by atoms with Gasteiger partial charge in [0.15, 0.2) is 9.84 Å². The molecule has 0 bridgehead atoms. The van der Waals surface area contributed by atoms with Crippen LogP contribution in [0.2, 0.25) is 0 Å². The minimum Gasteiger partial charge on any atom is -0.306 e. The molecule has 122 valence electrons. The van der Waals surface area contributed by atoms with Crippen LogP contribution in [0.1, 0.15) is 26.3 Å². The van der Waals surface area contributed by atoms with E-state index in [1.54, 1.807) is 0 Å². The first-order chi connectivity index (χ1) is 9.76. The number of nitrogens with one attached hydrogen (secondary N) is 1. The fraction of sp³-hybridized carbons (Fsp3) is 0.385. The van der Waals surface area contributed by atoms with E-state index in [0.717, 1.165) is 12.3 Å². The summed E-state index contributed by atoms with van der Waals surface area (Å²) in [5.74, 6) is -1.54. The lowest BCUT2D eigenvalue weighted by Gasteiger charge is -2.20. The number of halogens is 3. The van der Waals surface area contributed by atoms with Gasteiger partial charge in [-0.05, 0) is 32.9 Å². The lowest BCUT2D eigenvalue weighted by molar-refractivity contribution is -0.137. The smallest absolute Gasteiger partial charge is 0.306 e. The first-order valence-electron chi connectivity index (χ1n) is 6.05. The van der Waals surface area contributed by atoms with Crippen LogP contribution in [0.3, 0.4) is 0 Å². The summed E-state index contributed by atoms with van der Waals surface area (Å²) in [7, 11) is -3.99. The Morgan fingerprint density at radius 2 is 1.82 bits per heavy atom. The second kappa shape index (κ2) is 5.71. The molecule has 0 saturated heterocycles. The SMILES string of the molecule is C=C(C(=O)Nc1cc(C(F)(F)F)ccn1)S(=O)(=O)C(C)(C)C. The lowest BCUT2D eigenvalue weighted by atomic mass is 10.2. The van der Waals surface area contributed by atoms with Crippen molar-refractivity contribution < 1.29 is 26.4 Å². The first kappa shape index (κ1) is 18.1. The largest absolute Gasteiger partial charge is 0.416 e. The summed E-state index contributed by atoms with van der Waals surface area (Å²) < 4.78 is 60.5. The van der Waals surface area contributed by atoms with Gasteiger partial charge in [0.1, 0.15) is 10.7 Å². The van der Waals surface area contributed by atoms with Gasteiger partial charge in [-0.15, -0.1) is 0 Å². The number of carbonyl (C=O) groups is 1. The van der Waals surface area contributed by atoms with E-state index in [1.807, 2.05) is 5.32 Å². The summed E-state index contributed by atoms with van der Waals surface area (Å²) in [5.41, 5.74) is -1.01. The van der Waals surface area contributed by atoms with Crippen LogP contribution >= 0.6 is 0 Å². The van der Waals surface area contributed by atoms with Gasteiger partial charge >= 0.3 is 6.18 Å². The minimum absolute atomic E-state index is 0.412. The van der Waals surface area contributed by atoms with Crippen molar-refractivity contribution in [3.63, 3.8) is 0 Å². The average Bonchev–Trinajstić information content (AvgIpc) is 2.35. The molecular formula is C13H15F3N2O3S. The molecule has 1 heterocycles. The minimum atomic E-state index is -4.60. The topological polar surface area (TPSA) is 76.1 Å². The van der Waals surface area contributed by atoms with Gasteiger partial charge in [-0.3, -0.25) is 4.79 Å². The van der Waals surface area contributed by atoms with E-state index in [4.69, 9.17) is 0 Å². The van der Waals surface area contributed by atoms with Crippen LogP contribution in [0.4, 0.5) is 19.0 Å². The molecule has 0 aliphatic heterocycles. The molecule has 1 amide bonds. The van der Waals surface area contributed by atoms with E-state index in [-0.39, 0.29) is 0 Å². The van der Waals surface area contributed by atoms with E-state index in [0.29, 0.717) is 6.07 Å². The monoisotopic (exact) mass is 336 g/mol. The van der Waals surface area contributed by atoms with Crippen LogP contribution < -0.4 is 5.32 Å². The quantitative estimate of drug-likeness (QED) is 0.861. The predicted octanol–water partition coefficient (Wildman–Crippen LogP) is 2.77. The summed E-state index contributed by atoms with van der Waals surface area (Å²) in [6, 6.07) is 1.34. The number of sulfone groups is 1. The number of pyridine rings is 1. The number of nitrogens with zero attached hydrogens (tertiary/aromatic N) is 1. The molecule has 0 fully saturated rings. The van der Waals surface area contributed by atoms with Crippen molar-refractivity contribution in [1.29, 1.82) is 0 Å².